The van der Waals surface area contributed by atoms with E-state index in [4.69, 9.17) is 14.0 Å². The van der Waals surface area contributed by atoms with Crippen LogP contribution < -0.4 is 9.47 Å². The quantitative estimate of drug-likeness (QED) is 0.829. The van der Waals surface area contributed by atoms with E-state index in [1.807, 2.05) is 43.3 Å². The average molecular weight is 245 g/mol. The van der Waals surface area contributed by atoms with Crippen LogP contribution in [0.25, 0.3) is 12.2 Å². The summed E-state index contributed by atoms with van der Waals surface area (Å²) in [6.07, 6.45) is 3.79. The van der Waals surface area contributed by atoms with Crippen LogP contribution >= 0.6 is 0 Å². The van der Waals surface area contributed by atoms with Gasteiger partial charge in [-0.1, -0.05) is 17.3 Å². The van der Waals surface area contributed by atoms with Crippen molar-refractivity contribution in [2.24, 2.45) is 0 Å². The van der Waals surface area contributed by atoms with Crippen LogP contribution in [0.3, 0.4) is 0 Å². The molecule has 18 heavy (non-hydrogen) atoms. The lowest BCUT2D eigenvalue weighted by Crippen LogP contribution is -1.90. The number of nitrogens with zero attached hydrogens (tertiary/aromatic N) is 1. The Bertz CT molecular complexity index is 558. The third-order valence-electron chi connectivity index (χ3n) is 2.49. The lowest BCUT2D eigenvalue weighted by Gasteiger charge is -2.07. The van der Waals surface area contributed by atoms with E-state index in [-0.39, 0.29) is 0 Å². The first kappa shape index (κ1) is 12.2. The van der Waals surface area contributed by atoms with Gasteiger partial charge in [0.05, 0.1) is 19.9 Å². The number of ether oxygens (including phenoxy) is 2. The molecule has 0 bridgehead atoms. The molecule has 2 aromatic rings. The van der Waals surface area contributed by atoms with Gasteiger partial charge in [0.2, 0.25) is 0 Å². The lowest BCUT2D eigenvalue weighted by molar-refractivity contribution is 0.355. The van der Waals surface area contributed by atoms with Crippen molar-refractivity contribution in [3.63, 3.8) is 0 Å². The fourth-order valence-corrected chi connectivity index (χ4v) is 1.60. The minimum Gasteiger partial charge on any atom is -0.493 e. The molecule has 4 heteroatoms. The van der Waals surface area contributed by atoms with Crippen molar-refractivity contribution in [3.05, 3.63) is 41.3 Å². The van der Waals surface area contributed by atoms with Gasteiger partial charge in [0, 0.05) is 6.07 Å². The van der Waals surface area contributed by atoms with Gasteiger partial charge in [0.15, 0.2) is 17.3 Å². The first-order valence-corrected chi connectivity index (χ1v) is 5.56. The van der Waals surface area contributed by atoms with Crippen molar-refractivity contribution in [1.82, 2.24) is 5.16 Å². The second kappa shape index (κ2) is 5.40. The van der Waals surface area contributed by atoms with Crippen molar-refractivity contribution in [2.75, 3.05) is 14.2 Å². The Labute approximate surface area is 106 Å². The summed E-state index contributed by atoms with van der Waals surface area (Å²) in [5.41, 5.74) is 1.86. The molecule has 1 heterocycles. The van der Waals surface area contributed by atoms with Crippen molar-refractivity contribution in [1.29, 1.82) is 0 Å². The molecule has 0 saturated heterocycles. The van der Waals surface area contributed by atoms with Gasteiger partial charge in [-0.25, -0.2) is 0 Å². The van der Waals surface area contributed by atoms with Gasteiger partial charge in [-0.05, 0) is 30.7 Å². The first-order valence-electron chi connectivity index (χ1n) is 5.56. The minimum atomic E-state index is 0.702. The Morgan fingerprint density at radius 3 is 2.44 bits per heavy atom. The highest BCUT2D eigenvalue weighted by atomic mass is 16.5. The Kier molecular flexibility index (Phi) is 3.67. The van der Waals surface area contributed by atoms with Gasteiger partial charge in [-0.15, -0.1) is 0 Å². The molecule has 0 radical (unpaired) electrons. The number of benzene rings is 1. The average Bonchev–Trinajstić information content (AvgIpc) is 2.81. The summed E-state index contributed by atoms with van der Waals surface area (Å²) in [6, 6.07) is 7.58. The van der Waals surface area contributed by atoms with Crippen molar-refractivity contribution >= 4 is 12.2 Å². The van der Waals surface area contributed by atoms with E-state index in [1.165, 1.54) is 0 Å². The minimum absolute atomic E-state index is 0.702. The number of methoxy groups -OCH3 is 2. The molecule has 0 aliphatic heterocycles. The van der Waals surface area contributed by atoms with Gasteiger partial charge < -0.3 is 14.0 Å². The van der Waals surface area contributed by atoms with Gasteiger partial charge in [0.1, 0.15) is 0 Å². The van der Waals surface area contributed by atoms with Crippen LogP contribution in [0.1, 0.15) is 17.0 Å². The second-order valence-electron chi connectivity index (χ2n) is 3.82. The van der Waals surface area contributed by atoms with Crippen LogP contribution in [0, 0.1) is 6.92 Å². The molecule has 4 nitrogen and oxygen atoms in total. The number of hydrogen-bond donors (Lipinski definition) is 0. The topological polar surface area (TPSA) is 44.5 Å². The van der Waals surface area contributed by atoms with E-state index in [2.05, 4.69) is 5.16 Å². The molecule has 1 aromatic carbocycles. The maximum atomic E-state index is 5.24. The van der Waals surface area contributed by atoms with Crippen LogP contribution in [0.5, 0.6) is 11.5 Å². The Morgan fingerprint density at radius 1 is 1.06 bits per heavy atom. The van der Waals surface area contributed by atoms with Crippen LogP contribution in [-0.2, 0) is 0 Å². The van der Waals surface area contributed by atoms with E-state index >= 15 is 0 Å². The molecule has 0 N–H and O–H groups in total. The monoisotopic (exact) mass is 245 g/mol. The zero-order valence-electron chi connectivity index (χ0n) is 10.6. The molecular formula is C14H15NO3. The zero-order valence-corrected chi connectivity index (χ0v) is 10.6. The molecule has 0 fully saturated rings. The van der Waals surface area contributed by atoms with E-state index < -0.39 is 0 Å². The van der Waals surface area contributed by atoms with Gasteiger partial charge in [0.25, 0.3) is 0 Å². The summed E-state index contributed by atoms with van der Waals surface area (Å²) in [6.45, 7) is 1.89. The molecule has 2 rings (SSSR count). The molecule has 0 aliphatic rings. The van der Waals surface area contributed by atoms with E-state index in [0.717, 1.165) is 17.0 Å². The fourth-order valence-electron chi connectivity index (χ4n) is 1.60. The summed E-state index contributed by atoms with van der Waals surface area (Å²) < 4.78 is 15.5. The Morgan fingerprint density at radius 2 is 1.83 bits per heavy atom. The Balaban J connectivity index is 2.21. The highest BCUT2D eigenvalue weighted by molar-refractivity contribution is 5.69. The smallest absolute Gasteiger partial charge is 0.161 e. The predicted molar refractivity (Wildman–Crippen MR) is 69.7 cm³/mol. The number of aryl methyl sites for hydroxylation is 1. The molecule has 0 unspecified atom stereocenters. The maximum Gasteiger partial charge on any atom is 0.161 e. The fraction of sp³-hybridized carbons (Fsp3) is 0.214. The Hall–Kier alpha value is -2.23. The summed E-state index contributed by atoms with van der Waals surface area (Å²) in [4.78, 5) is 0. The number of hydrogen-bond acceptors (Lipinski definition) is 4. The molecule has 0 aliphatic carbocycles. The normalized spacial score (nSPS) is 10.8. The molecule has 0 atom stereocenters. The third-order valence-corrected chi connectivity index (χ3v) is 2.49. The van der Waals surface area contributed by atoms with E-state index in [0.29, 0.717) is 11.5 Å². The summed E-state index contributed by atoms with van der Waals surface area (Å²) in [7, 11) is 3.23. The summed E-state index contributed by atoms with van der Waals surface area (Å²) in [5, 5.41) is 3.82. The molecule has 0 spiro atoms. The molecule has 0 saturated carbocycles. The van der Waals surface area contributed by atoms with Crippen molar-refractivity contribution < 1.29 is 14.0 Å². The van der Waals surface area contributed by atoms with Crippen LogP contribution in [0.15, 0.2) is 28.8 Å². The molecule has 1 aromatic heterocycles. The third kappa shape index (κ3) is 2.71. The molecule has 94 valence electrons. The highest BCUT2D eigenvalue weighted by Crippen LogP contribution is 2.28. The first-order chi connectivity index (χ1) is 8.72. The van der Waals surface area contributed by atoms with Crippen LogP contribution in [0.2, 0.25) is 0 Å². The number of rotatable bonds is 4. The van der Waals surface area contributed by atoms with Crippen molar-refractivity contribution in [3.8, 4) is 11.5 Å². The largest absolute Gasteiger partial charge is 0.493 e. The summed E-state index contributed by atoms with van der Waals surface area (Å²) >= 11 is 0. The molecular weight excluding hydrogens is 230 g/mol. The standard InChI is InChI=1S/C14H15NO3/c1-10-8-12(18-15-10)6-4-11-5-7-13(16-2)14(9-11)17-3/h4-9H,1-3H3/b6-4+. The van der Waals surface area contributed by atoms with Crippen LogP contribution in [-0.4, -0.2) is 19.4 Å². The van der Waals surface area contributed by atoms with Crippen LogP contribution in [0.4, 0.5) is 0 Å². The SMILES string of the molecule is COc1ccc(/C=C/c2cc(C)no2)cc1OC. The van der Waals surface area contributed by atoms with Gasteiger partial charge in [-0.2, -0.15) is 0 Å². The van der Waals surface area contributed by atoms with E-state index in [1.54, 1.807) is 14.2 Å². The zero-order chi connectivity index (χ0) is 13.0. The number of aromatic nitrogens is 1. The summed E-state index contributed by atoms with van der Waals surface area (Å²) in [5.74, 6) is 2.14. The van der Waals surface area contributed by atoms with Crippen molar-refractivity contribution in [2.45, 2.75) is 6.92 Å². The van der Waals surface area contributed by atoms with Gasteiger partial charge >= 0.3 is 0 Å². The van der Waals surface area contributed by atoms with Gasteiger partial charge in [-0.3, -0.25) is 0 Å². The maximum absolute atomic E-state index is 5.24. The predicted octanol–water partition coefficient (Wildman–Crippen LogP) is 3.17. The van der Waals surface area contributed by atoms with E-state index in [9.17, 15) is 0 Å². The molecule has 0 amide bonds. The highest BCUT2D eigenvalue weighted by Gasteiger charge is 2.03. The second-order valence-corrected chi connectivity index (χ2v) is 3.82. The lowest BCUT2D eigenvalue weighted by atomic mass is 10.2.